The molecule has 2 aromatic rings. The van der Waals surface area contributed by atoms with Crippen LogP contribution in [0.5, 0.6) is 0 Å². The van der Waals surface area contributed by atoms with Crippen molar-refractivity contribution in [3.05, 3.63) is 35.1 Å². The van der Waals surface area contributed by atoms with Crippen molar-refractivity contribution in [2.45, 2.75) is 45.2 Å². The molecule has 0 spiro atoms. The Kier molecular flexibility index (Phi) is 4.39. The number of hydrogen-bond donors (Lipinski definition) is 1. The van der Waals surface area contributed by atoms with Gasteiger partial charge in [-0.25, -0.2) is 0 Å². The Bertz CT molecular complexity index is 740. The second-order valence-corrected chi connectivity index (χ2v) is 6.69. The molecular formula is C18H23ClN2O2. The van der Waals surface area contributed by atoms with Crippen molar-refractivity contribution in [1.29, 1.82) is 0 Å². The monoisotopic (exact) mass is 334 g/mol. The Morgan fingerprint density at radius 1 is 1.22 bits per heavy atom. The van der Waals surface area contributed by atoms with Crippen LogP contribution in [0.2, 0.25) is 0 Å². The number of furan rings is 1. The van der Waals surface area contributed by atoms with Gasteiger partial charge in [-0.2, -0.15) is 0 Å². The third-order valence-corrected chi connectivity index (χ3v) is 5.17. The molecule has 2 aliphatic heterocycles. The fourth-order valence-electron chi connectivity index (χ4n) is 3.86. The lowest BCUT2D eigenvalue weighted by Crippen LogP contribution is -2.39. The molecule has 2 fully saturated rings. The van der Waals surface area contributed by atoms with Crippen LogP contribution in [0.25, 0.3) is 11.0 Å². The lowest BCUT2D eigenvalue weighted by atomic mass is 10.1. The van der Waals surface area contributed by atoms with Gasteiger partial charge in [0.15, 0.2) is 5.76 Å². The molecule has 1 aromatic heterocycles. The summed E-state index contributed by atoms with van der Waals surface area (Å²) in [6, 6.07) is 7.10. The lowest BCUT2D eigenvalue weighted by Gasteiger charge is -2.23. The van der Waals surface area contributed by atoms with Crippen molar-refractivity contribution >= 4 is 29.3 Å². The molecule has 2 atom stereocenters. The summed E-state index contributed by atoms with van der Waals surface area (Å²) < 4.78 is 5.95. The number of benzene rings is 1. The molecule has 0 saturated carbocycles. The number of fused-ring (bicyclic) bond motifs is 3. The third kappa shape index (κ3) is 2.74. The first-order valence-corrected chi connectivity index (χ1v) is 8.17. The van der Waals surface area contributed by atoms with Gasteiger partial charge in [-0.05, 0) is 38.7 Å². The minimum atomic E-state index is 0. The van der Waals surface area contributed by atoms with E-state index in [-0.39, 0.29) is 18.3 Å². The molecule has 2 unspecified atom stereocenters. The molecule has 4 rings (SSSR count). The second kappa shape index (κ2) is 6.17. The number of carbonyl (C=O) groups is 1. The highest BCUT2D eigenvalue weighted by molar-refractivity contribution is 5.99. The van der Waals surface area contributed by atoms with E-state index in [0.717, 1.165) is 41.6 Å². The van der Waals surface area contributed by atoms with Gasteiger partial charge in [0, 0.05) is 36.1 Å². The molecule has 2 saturated heterocycles. The Morgan fingerprint density at radius 3 is 2.78 bits per heavy atom. The van der Waals surface area contributed by atoms with E-state index in [2.05, 4.69) is 5.32 Å². The van der Waals surface area contributed by atoms with Gasteiger partial charge < -0.3 is 14.6 Å². The predicted octanol–water partition coefficient (Wildman–Crippen LogP) is 3.44. The normalized spacial score (nSPS) is 23.7. The van der Waals surface area contributed by atoms with Crippen molar-refractivity contribution < 1.29 is 9.21 Å². The van der Waals surface area contributed by atoms with Crippen LogP contribution in [0.1, 0.15) is 40.9 Å². The standard InChI is InChI=1S/C18H22N2O2.ClH/c1-11-4-3-5-15-12(2)17(22-16(11)15)18(21)20-9-8-13-6-7-14(10-20)19-13;/h3-5,13-14,19H,6-10H2,1-2H3;1H. The number of hydrogen-bond acceptors (Lipinski definition) is 3. The third-order valence-electron chi connectivity index (χ3n) is 5.17. The van der Waals surface area contributed by atoms with Gasteiger partial charge >= 0.3 is 0 Å². The minimum absolute atomic E-state index is 0. The number of nitrogens with zero attached hydrogens (tertiary/aromatic N) is 1. The number of halogens is 1. The Morgan fingerprint density at radius 2 is 2.00 bits per heavy atom. The first-order chi connectivity index (χ1) is 10.6. The van der Waals surface area contributed by atoms with Crippen molar-refractivity contribution in [1.82, 2.24) is 10.2 Å². The molecule has 0 radical (unpaired) electrons. The highest BCUT2D eigenvalue weighted by atomic mass is 35.5. The van der Waals surface area contributed by atoms with Crippen molar-refractivity contribution in [2.24, 2.45) is 0 Å². The van der Waals surface area contributed by atoms with E-state index in [1.165, 1.54) is 12.8 Å². The van der Waals surface area contributed by atoms with E-state index in [1.807, 2.05) is 36.9 Å². The number of nitrogens with one attached hydrogen (secondary N) is 1. The van der Waals surface area contributed by atoms with Crippen LogP contribution < -0.4 is 5.32 Å². The van der Waals surface area contributed by atoms with Crippen LogP contribution in [0.15, 0.2) is 22.6 Å². The maximum Gasteiger partial charge on any atom is 0.289 e. The maximum absolute atomic E-state index is 12.9. The van der Waals surface area contributed by atoms with E-state index >= 15 is 0 Å². The molecular weight excluding hydrogens is 312 g/mol. The Balaban J connectivity index is 0.00000156. The first kappa shape index (κ1) is 16.3. The molecule has 1 amide bonds. The number of aryl methyl sites for hydroxylation is 2. The summed E-state index contributed by atoms with van der Waals surface area (Å²) in [5.74, 6) is 0.560. The maximum atomic E-state index is 12.9. The van der Waals surface area contributed by atoms with Crippen LogP contribution >= 0.6 is 12.4 Å². The average Bonchev–Trinajstić information content (AvgIpc) is 3.00. The van der Waals surface area contributed by atoms with Gasteiger partial charge in [0.1, 0.15) is 5.58 Å². The molecule has 5 heteroatoms. The fourth-order valence-corrected chi connectivity index (χ4v) is 3.86. The Labute approximate surface area is 142 Å². The number of para-hydroxylation sites is 1. The van der Waals surface area contributed by atoms with E-state index in [1.54, 1.807) is 0 Å². The van der Waals surface area contributed by atoms with Crippen LogP contribution in [0.4, 0.5) is 0 Å². The predicted molar refractivity (Wildman–Crippen MR) is 93.4 cm³/mol. The van der Waals surface area contributed by atoms with Gasteiger partial charge in [-0.1, -0.05) is 18.2 Å². The zero-order valence-corrected chi connectivity index (χ0v) is 14.4. The van der Waals surface area contributed by atoms with E-state index in [0.29, 0.717) is 17.8 Å². The summed E-state index contributed by atoms with van der Waals surface area (Å²) in [5, 5.41) is 4.67. The second-order valence-electron chi connectivity index (χ2n) is 6.69. The molecule has 23 heavy (non-hydrogen) atoms. The van der Waals surface area contributed by atoms with Crippen molar-refractivity contribution in [3.8, 4) is 0 Å². The van der Waals surface area contributed by atoms with Gasteiger partial charge in [0.25, 0.3) is 5.91 Å². The quantitative estimate of drug-likeness (QED) is 0.869. The molecule has 0 aliphatic carbocycles. The topological polar surface area (TPSA) is 45.5 Å². The van der Waals surface area contributed by atoms with E-state index in [9.17, 15) is 4.79 Å². The molecule has 2 bridgehead atoms. The molecule has 3 heterocycles. The molecule has 124 valence electrons. The molecule has 1 aromatic carbocycles. The van der Waals surface area contributed by atoms with E-state index < -0.39 is 0 Å². The van der Waals surface area contributed by atoms with Crippen LogP contribution in [0, 0.1) is 13.8 Å². The van der Waals surface area contributed by atoms with Crippen LogP contribution in [0.3, 0.4) is 0 Å². The summed E-state index contributed by atoms with van der Waals surface area (Å²) in [6.07, 6.45) is 3.46. The van der Waals surface area contributed by atoms with E-state index in [4.69, 9.17) is 4.42 Å². The number of likely N-dealkylation sites (tertiary alicyclic amines) is 1. The van der Waals surface area contributed by atoms with Gasteiger partial charge in [-0.15, -0.1) is 12.4 Å². The molecule has 1 N–H and O–H groups in total. The zero-order chi connectivity index (χ0) is 15.3. The highest BCUT2D eigenvalue weighted by Gasteiger charge is 2.33. The van der Waals surface area contributed by atoms with Gasteiger partial charge in [0.2, 0.25) is 0 Å². The minimum Gasteiger partial charge on any atom is -0.450 e. The summed E-state index contributed by atoms with van der Waals surface area (Å²) in [6.45, 7) is 5.63. The SMILES string of the molecule is Cc1c(C(=O)N2CCC3CCC(C2)N3)oc2c(C)cccc12.Cl. The smallest absolute Gasteiger partial charge is 0.289 e. The molecule has 2 aliphatic rings. The van der Waals surface area contributed by atoms with Crippen molar-refractivity contribution in [2.75, 3.05) is 13.1 Å². The van der Waals surface area contributed by atoms with Gasteiger partial charge in [-0.3, -0.25) is 4.79 Å². The lowest BCUT2D eigenvalue weighted by molar-refractivity contribution is 0.0717. The number of carbonyl (C=O) groups excluding carboxylic acids is 1. The zero-order valence-electron chi connectivity index (χ0n) is 13.6. The summed E-state index contributed by atoms with van der Waals surface area (Å²) in [4.78, 5) is 14.9. The number of rotatable bonds is 1. The Hall–Kier alpha value is -1.52. The summed E-state index contributed by atoms with van der Waals surface area (Å²) >= 11 is 0. The van der Waals surface area contributed by atoms with Crippen LogP contribution in [-0.4, -0.2) is 36.0 Å². The summed E-state index contributed by atoms with van der Waals surface area (Å²) in [7, 11) is 0. The average molecular weight is 335 g/mol. The largest absolute Gasteiger partial charge is 0.450 e. The summed E-state index contributed by atoms with van der Waals surface area (Å²) in [5.41, 5.74) is 2.89. The molecule has 4 nitrogen and oxygen atoms in total. The van der Waals surface area contributed by atoms with Crippen molar-refractivity contribution in [3.63, 3.8) is 0 Å². The van der Waals surface area contributed by atoms with Gasteiger partial charge in [0.05, 0.1) is 0 Å². The van der Waals surface area contributed by atoms with Crippen LogP contribution in [-0.2, 0) is 0 Å². The first-order valence-electron chi connectivity index (χ1n) is 8.17. The highest BCUT2D eigenvalue weighted by Crippen LogP contribution is 2.29. The fraction of sp³-hybridized carbons (Fsp3) is 0.500. The number of amides is 1.